The molecular formula is C21H26N4O3. The summed E-state index contributed by atoms with van der Waals surface area (Å²) in [6.45, 7) is 1.79. The Hall–Kier alpha value is -3.22. The molecule has 0 unspecified atom stereocenters. The Kier molecular flexibility index (Phi) is 6.37. The molecule has 0 bridgehead atoms. The zero-order chi connectivity index (χ0) is 19.9. The number of hydrogen-bond donors (Lipinski definition) is 3. The highest BCUT2D eigenvalue weighted by Crippen LogP contribution is 2.26. The van der Waals surface area contributed by atoms with E-state index in [4.69, 9.17) is 4.74 Å². The number of benzene rings is 2. The maximum absolute atomic E-state index is 12.5. The van der Waals surface area contributed by atoms with Crippen LogP contribution in [0.2, 0.25) is 0 Å². The molecular weight excluding hydrogens is 356 g/mol. The molecule has 3 rings (SSSR count). The van der Waals surface area contributed by atoms with Crippen LogP contribution in [0.25, 0.3) is 0 Å². The van der Waals surface area contributed by atoms with Gasteiger partial charge in [-0.3, -0.25) is 4.79 Å². The number of piperidine rings is 1. The van der Waals surface area contributed by atoms with Crippen molar-refractivity contribution in [3.8, 4) is 5.75 Å². The summed E-state index contributed by atoms with van der Waals surface area (Å²) in [7, 11) is 3.09. The SMILES string of the molecule is CNC(=O)c1ccc(OC)c(NC(=O)NC2CCN(c3ccccc3)CC2)c1. The Morgan fingerprint density at radius 1 is 1.07 bits per heavy atom. The predicted molar refractivity (Wildman–Crippen MR) is 110 cm³/mol. The quantitative estimate of drug-likeness (QED) is 0.743. The Balaban J connectivity index is 1.57. The first-order chi connectivity index (χ1) is 13.6. The van der Waals surface area contributed by atoms with Crippen LogP contribution in [0.1, 0.15) is 23.2 Å². The molecule has 1 aliphatic heterocycles. The minimum atomic E-state index is -0.300. The minimum absolute atomic E-state index is 0.105. The Labute approximate surface area is 165 Å². The molecule has 1 heterocycles. The average molecular weight is 382 g/mol. The van der Waals surface area contributed by atoms with Gasteiger partial charge >= 0.3 is 6.03 Å². The number of nitrogens with one attached hydrogen (secondary N) is 3. The van der Waals surface area contributed by atoms with Gasteiger partial charge in [-0.15, -0.1) is 0 Å². The van der Waals surface area contributed by atoms with Crippen LogP contribution in [-0.4, -0.2) is 45.2 Å². The third-order valence-electron chi connectivity index (χ3n) is 4.89. The van der Waals surface area contributed by atoms with Gasteiger partial charge in [0.1, 0.15) is 5.75 Å². The first-order valence-corrected chi connectivity index (χ1v) is 9.38. The molecule has 0 radical (unpaired) electrons. The number of methoxy groups -OCH3 is 1. The smallest absolute Gasteiger partial charge is 0.319 e. The fraction of sp³-hybridized carbons (Fsp3) is 0.333. The minimum Gasteiger partial charge on any atom is -0.495 e. The number of carbonyl (C=O) groups excluding carboxylic acids is 2. The summed E-state index contributed by atoms with van der Waals surface area (Å²) in [4.78, 5) is 26.6. The standard InChI is InChI=1S/C21H26N4O3/c1-22-20(26)15-8-9-19(28-2)18(14-15)24-21(27)23-16-10-12-25(13-11-16)17-6-4-3-5-7-17/h3-9,14,16H,10-13H2,1-2H3,(H,22,26)(H2,23,24,27). The summed E-state index contributed by atoms with van der Waals surface area (Å²) in [5.74, 6) is 0.279. The zero-order valence-electron chi connectivity index (χ0n) is 16.2. The number of carbonyl (C=O) groups is 2. The number of rotatable bonds is 5. The van der Waals surface area contributed by atoms with Gasteiger partial charge in [0.05, 0.1) is 12.8 Å². The molecule has 1 fully saturated rings. The van der Waals surface area contributed by atoms with Crippen LogP contribution in [0.5, 0.6) is 5.75 Å². The van der Waals surface area contributed by atoms with Gasteiger partial charge in [-0.25, -0.2) is 4.79 Å². The normalized spacial score (nSPS) is 14.3. The van der Waals surface area contributed by atoms with Crippen LogP contribution in [-0.2, 0) is 0 Å². The molecule has 7 heteroatoms. The largest absolute Gasteiger partial charge is 0.495 e. The second-order valence-corrected chi connectivity index (χ2v) is 6.69. The fourth-order valence-electron chi connectivity index (χ4n) is 3.36. The summed E-state index contributed by atoms with van der Waals surface area (Å²) in [5.41, 5.74) is 2.12. The lowest BCUT2D eigenvalue weighted by molar-refractivity contribution is 0.0963. The van der Waals surface area contributed by atoms with E-state index in [0.29, 0.717) is 17.0 Å². The summed E-state index contributed by atoms with van der Waals surface area (Å²) < 4.78 is 5.29. The third kappa shape index (κ3) is 4.73. The van der Waals surface area contributed by atoms with E-state index in [1.165, 1.54) is 12.8 Å². The van der Waals surface area contributed by atoms with Gasteiger partial charge in [-0.2, -0.15) is 0 Å². The van der Waals surface area contributed by atoms with E-state index in [-0.39, 0.29) is 18.0 Å². The molecule has 1 saturated heterocycles. The maximum atomic E-state index is 12.5. The van der Waals surface area contributed by atoms with Crippen LogP contribution in [0.3, 0.4) is 0 Å². The Morgan fingerprint density at radius 3 is 2.43 bits per heavy atom. The van der Waals surface area contributed by atoms with E-state index in [9.17, 15) is 9.59 Å². The second-order valence-electron chi connectivity index (χ2n) is 6.69. The molecule has 28 heavy (non-hydrogen) atoms. The van der Waals surface area contributed by atoms with E-state index < -0.39 is 0 Å². The maximum Gasteiger partial charge on any atom is 0.319 e. The molecule has 0 saturated carbocycles. The van der Waals surface area contributed by atoms with Crippen LogP contribution >= 0.6 is 0 Å². The van der Waals surface area contributed by atoms with Gasteiger partial charge < -0.3 is 25.6 Å². The van der Waals surface area contributed by atoms with Crippen molar-refractivity contribution in [1.82, 2.24) is 10.6 Å². The molecule has 2 aromatic carbocycles. The second kappa shape index (κ2) is 9.12. The zero-order valence-corrected chi connectivity index (χ0v) is 16.2. The number of hydrogen-bond acceptors (Lipinski definition) is 4. The molecule has 0 spiro atoms. The monoisotopic (exact) mass is 382 g/mol. The van der Waals surface area contributed by atoms with E-state index in [0.717, 1.165) is 25.9 Å². The van der Waals surface area contributed by atoms with Crippen molar-refractivity contribution in [2.75, 3.05) is 37.5 Å². The van der Waals surface area contributed by atoms with Crippen LogP contribution < -0.4 is 25.6 Å². The summed E-state index contributed by atoms with van der Waals surface area (Å²) in [6.07, 6.45) is 1.75. The molecule has 148 valence electrons. The van der Waals surface area contributed by atoms with Crippen molar-refractivity contribution in [1.29, 1.82) is 0 Å². The molecule has 0 aromatic heterocycles. The first-order valence-electron chi connectivity index (χ1n) is 9.38. The molecule has 7 nitrogen and oxygen atoms in total. The van der Waals surface area contributed by atoms with E-state index in [2.05, 4.69) is 33.0 Å². The van der Waals surface area contributed by atoms with Crippen molar-refractivity contribution < 1.29 is 14.3 Å². The molecule has 0 aliphatic carbocycles. The highest BCUT2D eigenvalue weighted by Gasteiger charge is 2.21. The lowest BCUT2D eigenvalue weighted by atomic mass is 10.0. The van der Waals surface area contributed by atoms with E-state index in [1.807, 2.05) is 18.2 Å². The Morgan fingerprint density at radius 2 is 1.79 bits per heavy atom. The van der Waals surface area contributed by atoms with Crippen LogP contribution in [0.15, 0.2) is 48.5 Å². The molecule has 3 N–H and O–H groups in total. The van der Waals surface area contributed by atoms with E-state index in [1.54, 1.807) is 25.2 Å². The molecule has 1 aliphatic rings. The van der Waals surface area contributed by atoms with Gasteiger partial charge in [0.15, 0.2) is 0 Å². The Bertz CT molecular complexity index is 818. The van der Waals surface area contributed by atoms with Gasteiger partial charge in [-0.1, -0.05) is 18.2 Å². The number of urea groups is 1. The van der Waals surface area contributed by atoms with Crippen molar-refractivity contribution in [2.24, 2.45) is 0 Å². The van der Waals surface area contributed by atoms with Crippen molar-refractivity contribution in [2.45, 2.75) is 18.9 Å². The number of nitrogens with zero attached hydrogens (tertiary/aromatic N) is 1. The fourth-order valence-corrected chi connectivity index (χ4v) is 3.36. The lowest BCUT2D eigenvalue weighted by Gasteiger charge is -2.34. The van der Waals surface area contributed by atoms with Crippen molar-refractivity contribution >= 4 is 23.3 Å². The van der Waals surface area contributed by atoms with Gasteiger partial charge in [0.25, 0.3) is 5.91 Å². The lowest BCUT2D eigenvalue weighted by Crippen LogP contribution is -2.46. The van der Waals surface area contributed by atoms with Crippen molar-refractivity contribution in [3.63, 3.8) is 0 Å². The summed E-state index contributed by atoms with van der Waals surface area (Å²) in [5, 5.41) is 8.39. The molecule has 3 amide bonds. The number of para-hydroxylation sites is 1. The predicted octanol–water partition coefficient (Wildman–Crippen LogP) is 2.85. The van der Waals surface area contributed by atoms with Crippen molar-refractivity contribution in [3.05, 3.63) is 54.1 Å². The van der Waals surface area contributed by atoms with Gasteiger partial charge in [0, 0.05) is 37.4 Å². The van der Waals surface area contributed by atoms with E-state index >= 15 is 0 Å². The first kappa shape index (κ1) is 19.5. The summed E-state index contributed by atoms with van der Waals surface area (Å²) in [6, 6.07) is 15.0. The molecule has 0 atom stereocenters. The van der Waals surface area contributed by atoms with Crippen LogP contribution in [0.4, 0.5) is 16.2 Å². The highest BCUT2D eigenvalue weighted by molar-refractivity contribution is 5.97. The number of anilines is 2. The third-order valence-corrected chi connectivity index (χ3v) is 4.89. The highest BCUT2D eigenvalue weighted by atomic mass is 16.5. The van der Waals surface area contributed by atoms with Crippen LogP contribution in [0, 0.1) is 0 Å². The molecule has 2 aromatic rings. The summed E-state index contributed by atoms with van der Waals surface area (Å²) >= 11 is 0. The topological polar surface area (TPSA) is 82.7 Å². The number of amides is 3. The van der Waals surface area contributed by atoms with Gasteiger partial charge in [0.2, 0.25) is 0 Å². The number of ether oxygens (including phenoxy) is 1. The average Bonchev–Trinajstić information content (AvgIpc) is 2.74. The van der Waals surface area contributed by atoms with Gasteiger partial charge in [-0.05, 0) is 43.2 Å².